The predicted octanol–water partition coefficient (Wildman–Crippen LogP) is 7.33. The first-order valence-corrected chi connectivity index (χ1v) is 11.6. The summed E-state index contributed by atoms with van der Waals surface area (Å²) in [6, 6.07) is 18.6. The molecule has 0 aliphatic carbocycles. The molecule has 2 aromatic carbocycles. The van der Waals surface area contributed by atoms with Gasteiger partial charge in [0.2, 0.25) is 5.69 Å². The molecule has 1 unspecified atom stereocenters. The van der Waals surface area contributed by atoms with Crippen molar-refractivity contribution >= 4 is 10.8 Å². The molecular formula is C28H36N+. The highest BCUT2D eigenvalue weighted by Gasteiger charge is 2.58. The smallest absolute Gasteiger partial charge is 0.192 e. The maximum absolute atomic E-state index is 2.62. The van der Waals surface area contributed by atoms with E-state index in [1.54, 1.807) is 0 Å². The summed E-state index contributed by atoms with van der Waals surface area (Å²) in [4.78, 5) is 0. The van der Waals surface area contributed by atoms with Crippen LogP contribution in [-0.4, -0.2) is 0 Å². The Balaban J connectivity index is 2.11. The van der Waals surface area contributed by atoms with Crippen LogP contribution in [0.1, 0.15) is 77.8 Å². The molecular weight excluding hydrogens is 350 g/mol. The van der Waals surface area contributed by atoms with Crippen LogP contribution in [0.25, 0.3) is 22.0 Å². The molecule has 0 radical (unpaired) electrons. The highest BCUT2D eigenvalue weighted by Crippen LogP contribution is 2.52. The maximum atomic E-state index is 2.62. The summed E-state index contributed by atoms with van der Waals surface area (Å²) in [5.41, 5.74) is 6.10. The molecule has 0 spiro atoms. The van der Waals surface area contributed by atoms with Gasteiger partial charge in [0, 0.05) is 25.0 Å². The summed E-state index contributed by atoms with van der Waals surface area (Å²) < 4.78 is 2.62. The number of unbranched alkanes of at least 4 members (excludes halogenated alkanes) is 1. The molecule has 152 valence electrons. The lowest BCUT2D eigenvalue weighted by Crippen LogP contribution is -2.68. The molecule has 29 heavy (non-hydrogen) atoms. The molecule has 1 aliphatic heterocycles. The number of hydrogen-bond acceptors (Lipinski definition) is 0. The molecule has 1 atom stereocenters. The Morgan fingerprint density at radius 1 is 0.793 bits per heavy atom. The largest absolute Gasteiger partial charge is 0.213 e. The monoisotopic (exact) mass is 386 g/mol. The van der Waals surface area contributed by atoms with Crippen LogP contribution in [0.15, 0.2) is 54.7 Å². The molecule has 0 N–H and O–H groups in total. The SMILES string of the molecule is CCCCc1cccc2c3c(ccc12)C(C)(CC)C(CC)(CC)[n+]1ccccc1-3. The van der Waals surface area contributed by atoms with Crippen LogP contribution in [0.5, 0.6) is 0 Å². The summed E-state index contributed by atoms with van der Waals surface area (Å²) >= 11 is 0. The Hall–Kier alpha value is -2.15. The maximum Gasteiger partial charge on any atom is 0.213 e. The minimum atomic E-state index is 0.110. The first kappa shape index (κ1) is 20.1. The molecule has 0 saturated heterocycles. The van der Waals surface area contributed by atoms with E-state index >= 15 is 0 Å². The van der Waals surface area contributed by atoms with E-state index in [1.165, 1.54) is 52.4 Å². The third kappa shape index (κ3) is 2.70. The molecule has 0 amide bonds. The van der Waals surface area contributed by atoms with Crippen LogP contribution in [0, 0.1) is 0 Å². The van der Waals surface area contributed by atoms with E-state index in [0.717, 1.165) is 19.3 Å². The first-order chi connectivity index (χ1) is 14.1. The second kappa shape index (κ2) is 7.59. The van der Waals surface area contributed by atoms with Crippen molar-refractivity contribution in [2.24, 2.45) is 0 Å². The molecule has 1 aliphatic rings. The number of pyridine rings is 1. The summed E-state index contributed by atoms with van der Waals surface area (Å²) in [6.07, 6.45) is 9.42. The minimum Gasteiger partial charge on any atom is -0.192 e. The number of benzene rings is 2. The number of rotatable bonds is 6. The van der Waals surface area contributed by atoms with Crippen molar-refractivity contribution < 1.29 is 4.57 Å². The molecule has 3 aromatic rings. The van der Waals surface area contributed by atoms with Crippen molar-refractivity contribution in [1.29, 1.82) is 0 Å². The van der Waals surface area contributed by atoms with E-state index in [-0.39, 0.29) is 11.0 Å². The van der Waals surface area contributed by atoms with Gasteiger partial charge in [0.1, 0.15) is 0 Å². The molecule has 0 bridgehead atoms. The van der Waals surface area contributed by atoms with Crippen LogP contribution < -0.4 is 4.57 Å². The van der Waals surface area contributed by atoms with E-state index in [1.807, 2.05) is 0 Å². The second-order valence-corrected chi connectivity index (χ2v) is 8.98. The normalized spacial score (nSPS) is 19.8. The first-order valence-electron chi connectivity index (χ1n) is 11.6. The van der Waals surface area contributed by atoms with Crippen molar-refractivity contribution in [2.45, 2.75) is 84.1 Å². The number of nitrogens with zero attached hydrogens (tertiary/aromatic N) is 1. The Bertz CT molecular complexity index is 1030. The van der Waals surface area contributed by atoms with Gasteiger partial charge < -0.3 is 0 Å². The molecule has 1 heteroatoms. The summed E-state index contributed by atoms with van der Waals surface area (Å²) in [7, 11) is 0. The predicted molar refractivity (Wildman–Crippen MR) is 124 cm³/mol. The van der Waals surface area contributed by atoms with E-state index in [9.17, 15) is 0 Å². The molecule has 0 fully saturated rings. The van der Waals surface area contributed by atoms with Crippen molar-refractivity contribution in [3.05, 3.63) is 65.9 Å². The lowest BCUT2D eigenvalue weighted by Gasteiger charge is -2.48. The molecule has 2 heterocycles. The lowest BCUT2D eigenvalue weighted by molar-refractivity contribution is -0.769. The van der Waals surface area contributed by atoms with Crippen LogP contribution >= 0.6 is 0 Å². The Morgan fingerprint density at radius 3 is 2.28 bits per heavy atom. The molecule has 4 rings (SSSR count). The van der Waals surface area contributed by atoms with Crippen molar-refractivity contribution in [1.82, 2.24) is 0 Å². The Morgan fingerprint density at radius 2 is 1.59 bits per heavy atom. The fraction of sp³-hybridized carbons (Fsp3) is 0.464. The molecule has 0 saturated carbocycles. The van der Waals surface area contributed by atoms with Crippen molar-refractivity contribution in [3.63, 3.8) is 0 Å². The van der Waals surface area contributed by atoms with Crippen LogP contribution in [0.4, 0.5) is 0 Å². The number of aromatic nitrogens is 1. The Kier molecular flexibility index (Phi) is 5.27. The fourth-order valence-corrected chi connectivity index (χ4v) is 6.17. The summed E-state index contributed by atoms with van der Waals surface area (Å²) in [5.74, 6) is 0. The van der Waals surface area contributed by atoms with Gasteiger partial charge >= 0.3 is 0 Å². The summed E-state index contributed by atoms with van der Waals surface area (Å²) in [6.45, 7) is 11.9. The van der Waals surface area contributed by atoms with Crippen molar-refractivity contribution in [2.75, 3.05) is 0 Å². The van der Waals surface area contributed by atoms with Gasteiger partial charge in [-0.2, -0.15) is 4.57 Å². The zero-order valence-corrected chi connectivity index (χ0v) is 18.9. The van der Waals surface area contributed by atoms with Crippen molar-refractivity contribution in [3.8, 4) is 11.3 Å². The highest BCUT2D eigenvalue weighted by atomic mass is 15.1. The molecule has 1 nitrogen and oxygen atoms in total. The minimum absolute atomic E-state index is 0.110. The van der Waals surface area contributed by atoms with Gasteiger partial charge in [-0.1, -0.05) is 64.4 Å². The van der Waals surface area contributed by atoms with E-state index in [2.05, 4.69) is 93.9 Å². The number of aryl methyl sites for hydroxylation is 1. The van der Waals surface area contributed by atoms with Gasteiger partial charge in [0.25, 0.3) is 0 Å². The summed E-state index contributed by atoms with van der Waals surface area (Å²) in [5, 5.41) is 2.87. The van der Waals surface area contributed by atoms with Gasteiger partial charge in [0.05, 0.1) is 11.0 Å². The molecule has 1 aromatic heterocycles. The fourth-order valence-electron chi connectivity index (χ4n) is 6.17. The van der Waals surface area contributed by atoms with Gasteiger partial charge in [-0.3, -0.25) is 0 Å². The van der Waals surface area contributed by atoms with Gasteiger partial charge in [-0.05, 0) is 54.2 Å². The highest BCUT2D eigenvalue weighted by molar-refractivity contribution is 5.99. The zero-order chi connectivity index (χ0) is 20.6. The van der Waals surface area contributed by atoms with Crippen LogP contribution in [-0.2, 0) is 17.4 Å². The second-order valence-electron chi connectivity index (χ2n) is 8.98. The van der Waals surface area contributed by atoms with Crippen LogP contribution in [0.3, 0.4) is 0 Å². The van der Waals surface area contributed by atoms with Crippen LogP contribution in [0.2, 0.25) is 0 Å². The average molecular weight is 387 g/mol. The lowest BCUT2D eigenvalue weighted by atomic mass is 9.58. The van der Waals surface area contributed by atoms with E-state index < -0.39 is 0 Å². The van der Waals surface area contributed by atoms with Gasteiger partial charge in [-0.25, -0.2) is 0 Å². The van der Waals surface area contributed by atoms with Gasteiger partial charge in [0.15, 0.2) is 11.7 Å². The van der Waals surface area contributed by atoms with Gasteiger partial charge in [-0.15, -0.1) is 0 Å². The number of fused-ring (bicyclic) bond motifs is 5. The average Bonchev–Trinajstić information content (AvgIpc) is 2.77. The van der Waals surface area contributed by atoms with E-state index in [4.69, 9.17) is 0 Å². The third-order valence-corrected chi connectivity index (χ3v) is 8.03. The standard InChI is InChI=1S/C28H36N/c1-6-10-14-21-15-13-16-23-22(21)18-19-24-26(23)25-17-11-12-20-29(25)28(8-3,9-4)27(24,5)7-2/h11-13,15-20H,6-10,14H2,1-5H3/q+1. The zero-order valence-electron chi connectivity index (χ0n) is 18.9. The Labute approximate surface area is 176 Å². The topological polar surface area (TPSA) is 3.88 Å². The van der Waals surface area contributed by atoms with E-state index in [0.29, 0.717) is 0 Å². The quantitative estimate of drug-likeness (QED) is 0.390. The number of hydrogen-bond donors (Lipinski definition) is 0. The third-order valence-electron chi connectivity index (χ3n) is 8.03.